The number of aromatic nitrogens is 1. The lowest BCUT2D eigenvalue weighted by Crippen LogP contribution is -2.41. The molecule has 0 N–H and O–H groups in total. The zero-order valence-electron chi connectivity index (χ0n) is 19.2. The van der Waals surface area contributed by atoms with Gasteiger partial charge < -0.3 is 14.4 Å². The van der Waals surface area contributed by atoms with E-state index in [1.807, 2.05) is 36.4 Å². The first kappa shape index (κ1) is 21.7. The summed E-state index contributed by atoms with van der Waals surface area (Å²) in [6.07, 6.45) is 6.86. The molecule has 5 rings (SSSR count). The summed E-state index contributed by atoms with van der Waals surface area (Å²) in [5, 5.41) is 0. The molecular weight excluding hydrogens is 416 g/mol. The van der Waals surface area contributed by atoms with Gasteiger partial charge in [0.1, 0.15) is 11.9 Å². The van der Waals surface area contributed by atoms with Crippen molar-refractivity contribution in [1.82, 2.24) is 9.88 Å². The molecule has 1 saturated carbocycles. The van der Waals surface area contributed by atoms with Gasteiger partial charge in [0.15, 0.2) is 11.5 Å². The zero-order valence-corrected chi connectivity index (χ0v) is 19.2. The van der Waals surface area contributed by atoms with Crippen LogP contribution in [0.25, 0.3) is 0 Å². The third-order valence-electron chi connectivity index (χ3n) is 6.95. The summed E-state index contributed by atoms with van der Waals surface area (Å²) in [6, 6.07) is 11.1. The van der Waals surface area contributed by atoms with E-state index in [0.29, 0.717) is 24.6 Å². The van der Waals surface area contributed by atoms with Crippen molar-refractivity contribution in [3.8, 4) is 5.75 Å². The summed E-state index contributed by atoms with van der Waals surface area (Å²) >= 11 is 0. The van der Waals surface area contributed by atoms with E-state index in [4.69, 9.17) is 9.47 Å². The van der Waals surface area contributed by atoms with Gasteiger partial charge in [-0.1, -0.05) is 32.0 Å². The molecule has 4 atom stereocenters. The van der Waals surface area contributed by atoms with Gasteiger partial charge in [0.25, 0.3) is 5.91 Å². The number of hydrogen-bond donors (Lipinski definition) is 0. The molecule has 3 aliphatic rings. The Morgan fingerprint density at radius 3 is 2.70 bits per heavy atom. The number of pyridine rings is 1. The van der Waals surface area contributed by atoms with Crippen LogP contribution < -0.4 is 4.74 Å². The highest BCUT2D eigenvalue weighted by Crippen LogP contribution is 2.48. The molecule has 6 nitrogen and oxygen atoms in total. The molecular formula is C27H30N2O4. The van der Waals surface area contributed by atoms with Gasteiger partial charge in [0, 0.05) is 18.9 Å². The normalized spacial score (nSPS) is 26.7. The molecule has 0 spiro atoms. The monoisotopic (exact) mass is 446 g/mol. The Morgan fingerprint density at radius 1 is 1.15 bits per heavy atom. The van der Waals surface area contributed by atoms with Gasteiger partial charge in [-0.05, 0) is 60.9 Å². The molecule has 6 heteroatoms. The molecule has 1 amide bonds. The van der Waals surface area contributed by atoms with Crippen LogP contribution in [0.1, 0.15) is 56.7 Å². The fourth-order valence-corrected chi connectivity index (χ4v) is 5.29. The van der Waals surface area contributed by atoms with Crippen LogP contribution in [-0.2, 0) is 20.9 Å². The van der Waals surface area contributed by atoms with Crippen molar-refractivity contribution in [1.29, 1.82) is 0 Å². The van der Waals surface area contributed by atoms with Crippen molar-refractivity contribution in [2.75, 3.05) is 6.61 Å². The van der Waals surface area contributed by atoms with Crippen molar-refractivity contribution in [2.45, 2.75) is 58.2 Å². The lowest BCUT2D eigenvalue weighted by Gasteiger charge is -2.37. The number of rotatable bonds is 6. The van der Waals surface area contributed by atoms with Crippen molar-refractivity contribution >= 4 is 11.7 Å². The summed E-state index contributed by atoms with van der Waals surface area (Å²) in [5.41, 5.74) is 2.32. The number of benzene rings is 1. The lowest BCUT2D eigenvalue weighted by atomic mass is 9.74. The Morgan fingerprint density at radius 2 is 1.97 bits per heavy atom. The zero-order chi connectivity index (χ0) is 22.9. The summed E-state index contributed by atoms with van der Waals surface area (Å²) < 4.78 is 12.0. The third kappa shape index (κ3) is 4.03. The molecule has 1 aliphatic carbocycles. The smallest absolute Gasteiger partial charge is 0.290 e. The van der Waals surface area contributed by atoms with Crippen LogP contribution in [0.3, 0.4) is 0 Å². The van der Waals surface area contributed by atoms with Crippen LogP contribution in [0.2, 0.25) is 0 Å². The van der Waals surface area contributed by atoms with Gasteiger partial charge in [-0.15, -0.1) is 0 Å². The Balaban J connectivity index is 1.53. The predicted molar refractivity (Wildman–Crippen MR) is 123 cm³/mol. The fourth-order valence-electron chi connectivity index (χ4n) is 5.29. The van der Waals surface area contributed by atoms with E-state index < -0.39 is 6.04 Å². The summed E-state index contributed by atoms with van der Waals surface area (Å²) in [6.45, 7) is 5.27. The minimum atomic E-state index is -0.474. The maximum atomic E-state index is 13.8. The number of fused-ring (bicyclic) bond motifs is 1. The summed E-state index contributed by atoms with van der Waals surface area (Å²) in [4.78, 5) is 33.3. The third-order valence-corrected chi connectivity index (χ3v) is 6.95. The minimum absolute atomic E-state index is 0.0751. The second kappa shape index (κ2) is 9.00. The quantitative estimate of drug-likeness (QED) is 0.648. The van der Waals surface area contributed by atoms with Gasteiger partial charge in [-0.25, -0.2) is 0 Å². The molecule has 1 aromatic heterocycles. The molecule has 4 unspecified atom stereocenters. The highest BCUT2D eigenvalue weighted by atomic mass is 16.5. The molecule has 1 fully saturated rings. The standard InChI is InChI=1S/C27H30N2O4/c1-3-13-32-20-9-7-19(8-10-20)24-23-25(30)21-14-17(2)6-11-22(21)33-26(23)27(31)29(24)16-18-5-4-12-28-15-18/h4-5,7-10,12,15,17,21-22,24H,3,6,11,13-14,16H2,1-2H3. The first-order valence-corrected chi connectivity index (χ1v) is 11.9. The molecule has 0 saturated heterocycles. The number of nitrogens with zero attached hydrogens (tertiary/aromatic N) is 2. The molecule has 0 bridgehead atoms. The topological polar surface area (TPSA) is 68.7 Å². The van der Waals surface area contributed by atoms with Crippen LogP contribution in [0.4, 0.5) is 0 Å². The largest absolute Gasteiger partial charge is 0.494 e. The Kier molecular flexibility index (Phi) is 5.92. The van der Waals surface area contributed by atoms with E-state index in [2.05, 4.69) is 18.8 Å². The maximum Gasteiger partial charge on any atom is 0.290 e. The van der Waals surface area contributed by atoms with Gasteiger partial charge in [0.05, 0.1) is 24.1 Å². The highest BCUT2D eigenvalue weighted by molar-refractivity contribution is 6.11. The Hall–Kier alpha value is -3.15. The molecule has 3 heterocycles. The lowest BCUT2D eigenvalue weighted by molar-refractivity contribution is -0.136. The number of hydrogen-bond acceptors (Lipinski definition) is 5. The minimum Gasteiger partial charge on any atom is -0.494 e. The Labute approximate surface area is 194 Å². The first-order valence-electron chi connectivity index (χ1n) is 11.9. The maximum absolute atomic E-state index is 13.8. The van der Waals surface area contributed by atoms with E-state index in [9.17, 15) is 9.59 Å². The number of Topliss-reactive ketones (excluding diaryl/α,β-unsaturated/α-hetero) is 1. The van der Waals surface area contributed by atoms with Crippen LogP contribution in [0, 0.1) is 11.8 Å². The Bertz CT molecular complexity index is 1060. The summed E-state index contributed by atoms with van der Waals surface area (Å²) in [7, 11) is 0. The first-order chi connectivity index (χ1) is 16.1. The van der Waals surface area contributed by atoms with Crippen molar-refractivity contribution in [2.24, 2.45) is 11.8 Å². The second-order valence-corrected chi connectivity index (χ2v) is 9.40. The molecule has 172 valence electrons. The van der Waals surface area contributed by atoms with Crippen molar-refractivity contribution < 1.29 is 19.1 Å². The SMILES string of the molecule is CCCOc1ccc(C2C3=C(OC4CCC(C)CC4C3=O)C(=O)N2Cc2cccnc2)cc1. The van der Waals surface area contributed by atoms with Crippen LogP contribution in [-0.4, -0.2) is 34.3 Å². The van der Waals surface area contributed by atoms with E-state index in [-0.39, 0.29) is 29.5 Å². The van der Waals surface area contributed by atoms with E-state index in [0.717, 1.165) is 42.6 Å². The van der Waals surface area contributed by atoms with Crippen molar-refractivity contribution in [3.05, 3.63) is 71.3 Å². The average Bonchev–Trinajstić information content (AvgIpc) is 3.11. The highest BCUT2D eigenvalue weighted by Gasteiger charge is 2.52. The summed E-state index contributed by atoms with van der Waals surface area (Å²) in [5.74, 6) is 1.20. The van der Waals surface area contributed by atoms with Gasteiger partial charge in [-0.2, -0.15) is 0 Å². The van der Waals surface area contributed by atoms with Gasteiger partial charge in [-0.3, -0.25) is 14.6 Å². The predicted octanol–water partition coefficient (Wildman–Crippen LogP) is 4.61. The molecule has 1 aromatic carbocycles. The number of ketones is 1. The average molecular weight is 447 g/mol. The molecule has 0 radical (unpaired) electrons. The second-order valence-electron chi connectivity index (χ2n) is 9.40. The van der Waals surface area contributed by atoms with E-state index >= 15 is 0 Å². The van der Waals surface area contributed by atoms with Crippen LogP contribution in [0.5, 0.6) is 5.75 Å². The van der Waals surface area contributed by atoms with Gasteiger partial charge in [0.2, 0.25) is 0 Å². The number of carbonyl (C=O) groups is 2. The van der Waals surface area contributed by atoms with Crippen LogP contribution in [0.15, 0.2) is 60.1 Å². The van der Waals surface area contributed by atoms with Crippen molar-refractivity contribution in [3.63, 3.8) is 0 Å². The van der Waals surface area contributed by atoms with E-state index in [1.54, 1.807) is 17.3 Å². The number of ether oxygens (including phenoxy) is 2. The number of carbonyl (C=O) groups excluding carboxylic acids is 2. The van der Waals surface area contributed by atoms with Crippen LogP contribution >= 0.6 is 0 Å². The molecule has 2 aromatic rings. The molecule has 33 heavy (non-hydrogen) atoms. The van der Waals surface area contributed by atoms with E-state index in [1.165, 1.54) is 0 Å². The molecule has 2 aliphatic heterocycles. The van der Waals surface area contributed by atoms with Gasteiger partial charge >= 0.3 is 0 Å². The fraction of sp³-hybridized carbons (Fsp3) is 0.444. The number of amides is 1.